The van der Waals surface area contributed by atoms with Crippen LogP contribution in [0, 0.1) is 0 Å². The van der Waals surface area contributed by atoms with Gasteiger partial charge in [0.2, 0.25) is 0 Å². The molecule has 0 bridgehead atoms. The number of ether oxygens (including phenoxy) is 2. The van der Waals surface area contributed by atoms with Crippen LogP contribution in [0.5, 0.6) is 0 Å². The average molecular weight is 298 g/mol. The normalized spacial score (nSPS) is 14.9. The highest BCUT2D eigenvalue weighted by Gasteiger charge is 2.04. The van der Waals surface area contributed by atoms with E-state index in [2.05, 4.69) is 6.58 Å². The summed E-state index contributed by atoms with van der Waals surface area (Å²) < 4.78 is 9.53. The molecule has 0 fully saturated rings. The molecule has 0 rings (SSSR count). The third-order valence-electron chi connectivity index (χ3n) is 1.80. The van der Waals surface area contributed by atoms with Crippen molar-refractivity contribution in [2.24, 2.45) is 0 Å². The maximum Gasteiger partial charge on any atom is 0.100 e. The van der Waals surface area contributed by atoms with E-state index in [0.717, 1.165) is 0 Å². The minimum atomic E-state index is -0.916. The predicted octanol–water partition coefficient (Wildman–Crippen LogP) is -2.75. The summed E-state index contributed by atoms with van der Waals surface area (Å²) in [5.41, 5.74) is 0. The molecule has 0 aromatic heterocycles. The van der Waals surface area contributed by atoms with E-state index in [1.165, 1.54) is 0 Å². The molecule has 0 aliphatic carbocycles. The summed E-state index contributed by atoms with van der Waals surface area (Å²) in [6, 6.07) is 0. The second-order valence-electron chi connectivity index (χ2n) is 3.87. The molecule has 0 aromatic carbocycles. The molecule has 20 heavy (non-hydrogen) atoms. The summed E-state index contributed by atoms with van der Waals surface area (Å²) in [5, 5.41) is 51.0. The molecule has 122 valence electrons. The zero-order chi connectivity index (χ0) is 15.8. The molecule has 3 unspecified atom stereocenters. The lowest BCUT2D eigenvalue weighted by atomic mass is 10.4. The molecule has 0 heterocycles. The van der Waals surface area contributed by atoms with Gasteiger partial charge in [0.05, 0.1) is 46.2 Å². The van der Waals surface area contributed by atoms with Crippen molar-refractivity contribution in [1.82, 2.24) is 0 Å². The Morgan fingerprint density at radius 2 is 1.10 bits per heavy atom. The fourth-order valence-electron chi connectivity index (χ4n) is 0.786. The second-order valence-corrected chi connectivity index (χ2v) is 3.87. The number of hydrogen-bond acceptors (Lipinski definition) is 8. The van der Waals surface area contributed by atoms with Gasteiger partial charge in [0.1, 0.15) is 18.3 Å². The largest absolute Gasteiger partial charge is 0.394 e. The van der Waals surface area contributed by atoms with Crippen LogP contribution in [0.4, 0.5) is 0 Å². The molecule has 8 nitrogen and oxygen atoms in total. The molecule has 0 aromatic rings. The van der Waals surface area contributed by atoms with E-state index in [4.69, 9.17) is 40.1 Å². The molecule has 0 radical (unpaired) electrons. The summed E-state index contributed by atoms with van der Waals surface area (Å²) in [7, 11) is 0. The van der Waals surface area contributed by atoms with Crippen LogP contribution < -0.4 is 0 Å². The summed E-state index contributed by atoms with van der Waals surface area (Å²) in [6.07, 6.45) is -1.00. The van der Waals surface area contributed by atoms with Crippen molar-refractivity contribution in [1.29, 1.82) is 0 Å². The molecular formula is C12H26O8. The third kappa shape index (κ3) is 17.4. The van der Waals surface area contributed by atoms with Crippen LogP contribution in [-0.2, 0) is 9.47 Å². The average Bonchev–Trinajstić information content (AvgIpc) is 2.47. The van der Waals surface area contributed by atoms with Crippen LogP contribution in [-0.4, -0.2) is 95.2 Å². The van der Waals surface area contributed by atoms with Crippen molar-refractivity contribution in [2.75, 3.05) is 46.2 Å². The van der Waals surface area contributed by atoms with E-state index in [1.807, 2.05) is 0 Å². The maximum absolute atomic E-state index is 8.72. The number of hydrogen-bond donors (Lipinski definition) is 6. The lowest BCUT2D eigenvalue weighted by Gasteiger charge is -2.10. The topological polar surface area (TPSA) is 140 Å². The van der Waals surface area contributed by atoms with Crippen LogP contribution in [0.2, 0.25) is 0 Å². The van der Waals surface area contributed by atoms with E-state index in [9.17, 15) is 0 Å². The monoisotopic (exact) mass is 298 g/mol. The quantitative estimate of drug-likeness (QED) is 0.178. The Kier molecular flexibility index (Phi) is 17.9. The van der Waals surface area contributed by atoms with Crippen molar-refractivity contribution in [3.05, 3.63) is 12.7 Å². The molecule has 8 heteroatoms. The molecule has 0 amide bonds. The summed E-state index contributed by atoms with van der Waals surface area (Å²) in [4.78, 5) is 0. The number of aliphatic hydroxyl groups is 6. The van der Waals surface area contributed by atoms with Crippen molar-refractivity contribution in [3.63, 3.8) is 0 Å². The zero-order valence-corrected chi connectivity index (χ0v) is 11.5. The molecule has 6 N–H and O–H groups in total. The van der Waals surface area contributed by atoms with Gasteiger partial charge in [-0.05, 0) is 0 Å². The summed E-state index contributed by atoms with van der Waals surface area (Å²) in [5.74, 6) is 0. The Hall–Kier alpha value is -0.580. The second kappa shape index (κ2) is 16.5. The van der Waals surface area contributed by atoms with Crippen LogP contribution in [0.1, 0.15) is 0 Å². The first-order chi connectivity index (χ1) is 9.51. The molecule has 3 atom stereocenters. The van der Waals surface area contributed by atoms with Crippen LogP contribution in [0.15, 0.2) is 12.7 Å². The number of rotatable bonds is 11. The third-order valence-corrected chi connectivity index (χ3v) is 1.80. The van der Waals surface area contributed by atoms with Crippen molar-refractivity contribution >= 4 is 0 Å². The van der Waals surface area contributed by atoms with Crippen molar-refractivity contribution < 1.29 is 40.1 Å². The fraction of sp³-hybridized carbons (Fsp3) is 0.833. The predicted molar refractivity (Wildman–Crippen MR) is 71.1 cm³/mol. The van der Waals surface area contributed by atoms with Gasteiger partial charge in [-0.2, -0.15) is 0 Å². The maximum atomic E-state index is 8.72. The fourth-order valence-corrected chi connectivity index (χ4v) is 0.786. The van der Waals surface area contributed by atoms with E-state index in [0.29, 0.717) is 6.61 Å². The van der Waals surface area contributed by atoms with E-state index in [-0.39, 0.29) is 39.6 Å². The lowest BCUT2D eigenvalue weighted by molar-refractivity contribution is -0.0364. The highest BCUT2D eigenvalue weighted by Crippen LogP contribution is 1.87. The van der Waals surface area contributed by atoms with Gasteiger partial charge in [-0.25, -0.2) is 0 Å². The van der Waals surface area contributed by atoms with Gasteiger partial charge in [0.25, 0.3) is 0 Å². The van der Waals surface area contributed by atoms with Gasteiger partial charge < -0.3 is 40.1 Å². The smallest absolute Gasteiger partial charge is 0.100 e. The first kappa shape index (κ1) is 21.7. The molecule has 0 aliphatic heterocycles. The molecular weight excluding hydrogens is 272 g/mol. The van der Waals surface area contributed by atoms with E-state index in [1.54, 1.807) is 6.08 Å². The Morgan fingerprint density at radius 3 is 1.40 bits per heavy atom. The Balaban J connectivity index is 0. The Labute approximate surface area is 118 Å². The van der Waals surface area contributed by atoms with Gasteiger partial charge in [-0.15, -0.1) is 6.58 Å². The zero-order valence-electron chi connectivity index (χ0n) is 11.5. The number of aliphatic hydroxyl groups excluding tert-OH is 6. The van der Waals surface area contributed by atoms with Crippen molar-refractivity contribution in [3.8, 4) is 0 Å². The van der Waals surface area contributed by atoms with E-state index >= 15 is 0 Å². The van der Waals surface area contributed by atoms with Crippen LogP contribution in [0.25, 0.3) is 0 Å². The minimum absolute atomic E-state index is 0.0342. The van der Waals surface area contributed by atoms with Gasteiger partial charge in [0.15, 0.2) is 0 Å². The van der Waals surface area contributed by atoms with E-state index < -0.39 is 18.3 Å². The first-order valence-electron chi connectivity index (χ1n) is 6.14. The van der Waals surface area contributed by atoms with Gasteiger partial charge in [-0.1, -0.05) is 6.08 Å². The molecule has 0 saturated heterocycles. The van der Waals surface area contributed by atoms with Crippen molar-refractivity contribution in [2.45, 2.75) is 18.3 Å². The first-order valence-corrected chi connectivity index (χ1v) is 6.14. The highest BCUT2D eigenvalue weighted by molar-refractivity contribution is 4.64. The molecule has 0 aliphatic rings. The standard InChI is InChI=1S/C6H14O5.C6H12O3/c7-1-5(9)3-11-4-6(10)2-8;1-2-3-9-5-6(8)4-7/h5-10H,1-4H2;2,6-8H,1,3-5H2. The Bertz CT molecular complexity index is 192. The minimum Gasteiger partial charge on any atom is -0.394 e. The Morgan fingerprint density at radius 1 is 0.750 bits per heavy atom. The van der Waals surface area contributed by atoms with Gasteiger partial charge in [0, 0.05) is 0 Å². The molecule has 0 saturated carbocycles. The lowest BCUT2D eigenvalue weighted by Crippen LogP contribution is -2.25. The molecule has 0 spiro atoms. The van der Waals surface area contributed by atoms with Crippen LogP contribution in [0.3, 0.4) is 0 Å². The summed E-state index contributed by atoms with van der Waals surface area (Å²) in [6.45, 7) is 2.94. The highest BCUT2D eigenvalue weighted by atomic mass is 16.5. The summed E-state index contributed by atoms with van der Waals surface area (Å²) >= 11 is 0. The van der Waals surface area contributed by atoms with Crippen LogP contribution >= 0.6 is 0 Å². The van der Waals surface area contributed by atoms with Gasteiger partial charge >= 0.3 is 0 Å². The van der Waals surface area contributed by atoms with Gasteiger partial charge in [-0.3, -0.25) is 0 Å². The SMILES string of the molecule is C=CCOCC(O)CO.OCC(O)COCC(O)CO.